The number of hydrogen-bond donors (Lipinski definition) is 2. The molecule has 0 rings (SSSR count). The molecule has 0 fully saturated rings. The average Bonchev–Trinajstić information content (AvgIpc) is 2.29. The van der Waals surface area contributed by atoms with Gasteiger partial charge in [0.25, 0.3) is 0 Å². The minimum Gasteiger partial charge on any atom is -0.466 e. The standard InChI is InChI=1S/C11H19N3O3/c1-2-17-11(16)5-3-7-13-9-10(15)14-8-4-6-12/h13H,2-5,7-9H2,1H3,(H,14,15). The van der Waals surface area contributed by atoms with Crippen LogP contribution in [0.1, 0.15) is 26.2 Å². The maximum absolute atomic E-state index is 11.1. The lowest BCUT2D eigenvalue weighted by Gasteiger charge is -2.05. The summed E-state index contributed by atoms with van der Waals surface area (Å²) in [6.45, 7) is 3.33. The van der Waals surface area contributed by atoms with Gasteiger partial charge in [0.15, 0.2) is 0 Å². The summed E-state index contributed by atoms with van der Waals surface area (Å²) in [5, 5.41) is 13.8. The normalized spacial score (nSPS) is 9.41. The number of nitrogens with one attached hydrogen (secondary N) is 2. The summed E-state index contributed by atoms with van der Waals surface area (Å²) in [4.78, 5) is 22.1. The van der Waals surface area contributed by atoms with Gasteiger partial charge in [0.05, 0.1) is 25.6 Å². The second-order valence-electron chi connectivity index (χ2n) is 3.34. The number of esters is 1. The second-order valence-corrected chi connectivity index (χ2v) is 3.34. The fourth-order valence-corrected chi connectivity index (χ4v) is 1.11. The van der Waals surface area contributed by atoms with E-state index in [9.17, 15) is 9.59 Å². The fourth-order valence-electron chi connectivity index (χ4n) is 1.11. The molecule has 6 nitrogen and oxygen atoms in total. The Morgan fingerprint density at radius 2 is 2.12 bits per heavy atom. The van der Waals surface area contributed by atoms with E-state index in [0.29, 0.717) is 39.0 Å². The number of hydrogen-bond acceptors (Lipinski definition) is 5. The highest BCUT2D eigenvalue weighted by molar-refractivity contribution is 5.77. The molecule has 0 aliphatic heterocycles. The highest BCUT2D eigenvalue weighted by Crippen LogP contribution is 1.90. The van der Waals surface area contributed by atoms with Crippen LogP contribution in [0, 0.1) is 11.3 Å². The average molecular weight is 241 g/mol. The molecule has 0 aromatic rings. The molecule has 0 aromatic carbocycles. The van der Waals surface area contributed by atoms with Crippen molar-refractivity contribution in [1.29, 1.82) is 5.26 Å². The van der Waals surface area contributed by atoms with Crippen LogP contribution < -0.4 is 10.6 Å². The Labute approximate surface area is 101 Å². The Balaban J connectivity index is 3.30. The summed E-state index contributed by atoms with van der Waals surface area (Å²) < 4.78 is 4.76. The largest absolute Gasteiger partial charge is 0.466 e. The van der Waals surface area contributed by atoms with Crippen molar-refractivity contribution in [3.63, 3.8) is 0 Å². The third kappa shape index (κ3) is 10.7. The van der Waals surface area contributed by atoms with E-state index >= 15 is 0 Å². The SMILES string of the molecule is CCOC(=O)CCCNCC(=O)NCCC#N. The molecule has 96 valence electrons. The minimum absolute atomic E-state index is 0.142. The van der Waals surface area contributed by atoms with Crippen molar-refractivity contribution < 1.29 is 14.3 Å². The molecule has 2 N–H and O–H groups in total. The van der Waals surface area contributed by atoms with Crippen molar-refractivity contribution in [2.75, 3.05) is 26.2 Å². The molecule has 0 radical (unpaired) electrons. The summed E-state index contributed by atoms with van der Waals surface area (Å²) in [5.41, 5.74) is 0. The molecule has 0 unspecified atom stereocenters. The summed E-state index contributed by atoms with van der Waals surface area (Å²) in [6, 6.07) is 1.94. The third-order valence-corrected chi connectivity index (χ3v) is 1.88. The van der Waals surface area contributed by atoms with E-state index in [1.165, 1.54) is 0 Å². The van der Waals surface area contributed by atoms with Crippen molar-refractivity contribution in [3.05, 3.63) is 0 Å². The highest BCUT2D eigenvalue weighted by atomic mass is 16.5. The van der Waals surface area contributed by atoms with Crippen LogP contribution in [0.5, 0.6) is 0 Å². The van der Waals surface area contributed by atoms with Gasteiger partial charge in [0, 0.05) is 13.0 Å². The fraction of sp³-hybridized carbons (Fsp3) is 0.727. The number of carbonyl (C=O) groups excluding carboxylic acids is 2. The lowest BCUT2D eigenvalue weighted by atomic mass is 10.3. The van der Waals surface area contributed by atoms with Crippen LogP contribution >= 0.6 is 0 Å². The number of nitriles is 1. The van der Waals surface area contributed by atoms with E-state index in [1.54, 1.807) is 6.92 Å². The van der Waals surface area contributed by atoms with Crippen molar-refractivity contribution >= 4 is 11.9 Å². The Morgan fingerprint density at radius 3 is 2.76 bits per heavy atom. The van der Waals surface area contributed by atoms with E-state index in [0.717, 1.165) is 0 Å². The lowest BCUT2D eigenvalue weighted by molar-refractivity contribution is -0.143. The molecular formula is C11H19N3O3. The predicted octanol–water partition coefficient (Wildman–Crippen LogP) is -0.0508. The smallest absolute Gasteiger partial charge is 0.305 e. The van der Waals surface area contributed by atoms with Gasteiger partial charge in [0.2, 0.25) is 5.91 Å². The van der Waals surface area contributed by atoms with Crippen LogP contribution in [0.25, 0.3) is 0 Å². The van der Waals surface area contributed by atoms with Crippen molar-refractivity contribution in [1.82, 2.24) is 10.6 Å². The van der Waals surface area contributed by atoms with Crippen LogP contribution in [0.2, 0.25) is 0 Å². The van der Waals surface area contributed by atoms with Crippen molar-refractivity contribution in [2.45, 2.75) is 26.2 Å². The zero-order valence-corrected chi connectivity index (χ0v) is 10.1. The van der Waals surface area contributed by atoms with E-state index < -0.39 is 0 Å². The summed E-state index contributed by atoms with van der Waals surface area (Å²) in [7, 11) is 0. The zero-order chi connectivity index (χ0) is 12.9. The molecule has 0 spiro atoms. The molecule has 17 heavy (non-hydrogen) atoms. The van der Waals surface area contributed by atoms with Crippen LogP contribution in [0.3, 0.4) is 0 Å². The number of ether oxygens (including phenoxy) is 1. The van der Waals surface area contributed by atoms with Crippen LogP contribution in [-0.4, -0.2) is 38.1 Å². The maximum Gasteiger partial charge on any atom is 0.305 e. The van der Waals surface area contributed by atoms with E-state index in [-0.39, 0.29) is 18.4 Å². The molecular weight excluding hydrogens is 222 g/mol. The minimum atomic E-state index is -0.215. The zero-order valence-electron chi connectivity index (χ0n) is 10.1. The lowest BCUT2D eigenvalue weighted by Crippen LogP contribution is -2.34. The summed E-state index contributed by atoms with van der Waals surface area (Å²) >= 11 is 0. The number of amides is 1. The quantitative estimate of drug-likeness (QED) is 0.436. The molecule has 0 saturated carbocycles. The highest BCUT2D eigenvalue weighted by Gasteiger charge is 2.02. The summed E-state index contributed by atoms with van der Waals surface area (Å²) in [6.07, 6.45) is 1.32. The van der Waals surface area contributed by atoms with E-state index in [1.807, 2.05) is 6.07 Å². The van der Waals surface area contributed by atoms with Crippen LogP contribution in [0.15, 0.2) is 0 Å². The van der Waals surface area contributed by atoms with Gasteiger partial charge in [-0.3, -0.25) is 9.59 Å². The Kier molecular flexibility index (Phi) is 9.86. The molecule has 1 amide bonds. The number of carbonyl (C=O) groups is 2. The number of nitrogens with zero attached hydrogens (tertiary/aromatic N) is 1. The van der Waals surface area contributed by atoms with Crippen molar-refractivity contribution in [3.8, 4) is 6.07 Å². The van der Waals surface area contributed by atoms with Gasteiger partial charge in [-0.25, -0.2) is 0 Å². The van der Waals surface area contributed by atoms with Gasteiger partial charge in [-0.1, -0.05) is 0 Å². The molecule has 0 aliphatic carbocycles. The Hall–Kier alpha value is -1.61. The summed E-state index contributed by atoms with van der Waals surface area (Å²) in [5.74, 6) is -0.357. The molecule has 0 bridgehead atoms. The molecule has 6 heteroatoms. The monoisotopic (exact) mass is 241 g/mol. The van der Waals surface area contributed by atoms with Gasteiger partial charge in [-0.15, -0.1) is 0 Å². The van der Waals surface area contributed by atoms with Gasteiger partial charge in [-0.05, 0) is 19.9 Å². The predicted molar refractivity (Wildman–Crippen MR) is 62.0 cm³/mol. The number of rotatable bonds is 9. The first kappa shape index (κ1) is 15.4. The third-order valence-electron chi connectivity index (χ3n) is 1.88. The second kappa shape index (κ2) is 10.9. The van der Waals surface area contributed by atoms with Gasteiger partial charge < -0.3 is 15.4 Å². The van der Waals surface area contributed by atoms with Gasteiger partial charge in [-0.2, -0.15) is 5.26 Å². The maximum atomic E-state index is 11.1. The van der Waals surface area contributed by atoms with E-state index in [2.05, 4.69) is 10.6 Å². The molecule has 0 heterocycles. The first-order valence-electron chi connectivity index (χ1n) is 5.70. The van der Waals surface area contributed by atoms with Crippen LogP contribution in [-0.2, 0) is 14.3 Å². The van der Waals surface area contributed by atoms with Gasteiger partial charge in [0.1, 0.15) is 0 Å². The first-order chi connectivity index (χ1) is 8.20. The molecule has 0 atom stereocenters. The first-order valence-corrected chi connectivity index (χ1v) is 5.70. The Bertz CT molecular complexity index is 274. The molecule has 0 aromatic heterocycles. The van der Waals surface area contributed by atoms with Crippen molar-refractivity contribution in [2.24, 2.45) is 0 Å². The Morgan fingerprint density at radius 1 is 1.35 bits per heavy atom. The molecule has 0 saturated heterocycles. The topological polar surface area (TPSA) is 91.2 Å². The van der Waals surface area contributed by atoms with Crippen LogP contribution in [0.4, 0.5) is 0 Å². The van der Waals surface area contributed by atoms with Gasteiger partial charge >= 0.3 is 5.97 Å². The molecule has 0 aliphatic rings. The van der Waals surface area contributed by atoms with E-state index in [4.69, 9.17) is 10.00 Å².